The first-order valence-corrected chi connectivity index (χ1v) is 8.47. The van der Waals surface area contributed by atoms with E-state index in [1.165, 1.54) is 12.1 Å². The predicted octanol–water partition coefficient (Wildman–Crippen LogP) is 4.44. The second-order valence-electron chi connectivity index (χ2n) is 5.89. The van der Waals surface area contributed by atoms with Gasteiger partial charge < -0.3 is 24.8 Å². The molecule has 2 aromatic carbocycles. The summed E-state index contributed by atoms with van der Waals surface area (Å²) in [6, 6.07) is 11.4. The molecule has 28 heavy (non-hydrogen) atoms. The van der Waals surface area contributed by atoms with Crippen LogP contribution < -0.4 is 24.8 Å². The smallest absolute Gasteiger partial charge is 0.229 e. The topological polar surface area (TPSA) is 77.5 Å². The number of hydrogen-bond acceptors (Lipinski definition) is 7. The van der Waals surface area contributed by atoms with Crippen molar-refractivity contribution >= 4 is 23.1 Å². The minimum atomic E-state index is -0.297. The number of nitrogens with zero attached hydrogens (tertiary/aromatic N) is 2. The Morgan fingerprint density at radius 2 is 1.43 bits per heavy atom. The van der Waals surface area contributed by atoms with Gasteiger partial charge in [-0.3, -0.25) is 0 Å². The third kappa shape index (κ3) is 4.40. The molecule has 0 spiro atoms. The highest BCUT2D eigenvalue weighted by Gasteiger charge is 2.14. The van der Waals surface area contributed by atoms with E-state index in [9.17, 15) is 4.39 Å². The lowest BCUT2D eigenvalue weighted by molar-refractivity contribution is 0.324. The molecule has 0 saturated heterocycles. The second kappa shape index (κ2) is 8.43. The molecule has 1 aromatic heterocycles. The van der Waals surface area contributed by atoms with E-state index in [2.05, 4.69) is 20.6 Å². The van der Waals surface area contributed by atoms with Gasteiger partial charge in [0.05, 0.1) is 21.3 Å². The summed E-state index contributed by atoms with van der Waals surface area (Å²) >= 11 is 0. The molecule has 2 N–H and O–H groups in total. The summed E-state index contributed by atoms with van der Waals surface area (Å²) in [7, 11) is 4.65. The van der Waals surface area contributed by atoms with Gasteiger partial charge in [-0.05, 0) is 31.2 Å². The first kappa shape index (κ1) is 19.2. The first-order valence-electron chi connectivity index (χ1n) is 8.47. The fourth-order valence-electron chi connectivity index (χ4n) is 2.65. The van der Waals surface area contributed by atoms with Crippen molar-refractivity contribution in [3.05, 3.63) is 54.0 Å². The van der Waals surface area contributed by atoms with Crippen LogP contribution in [0.4, 0.5) is 27.5 Å². The zero-order valence-electron chi connectivity index (χ0n) is 16.0. The van der Waals surface area contributed by atoms with Gasteiger partial charge in [0, 0.05) is 35.3 Å². The Morgan fingerprint density at radius 1 is 0.786 bits per heavy atom. The van der Waals surface area contributed by atoms with Gasteiger partial charge in [0.25, 0.3) is 0 Å². The molecule has 0 atom stereocenters. The van der Waals surface area contributed by atoms with Crippen LogP contribution in [0.15, 0.2) is 42.5 Å². The summed E-state index contributed by atoms with van der Waals surface area (Å²) < 4.78 is 29.1. The summed E-state index contributed by atoms with van der Waals surface area (Å²) in [4.78, 5) is 8.86. The maximum atomic E-state index is 13.1. The standard InChI is InChI=1S/C20H21FN4O3/c1-12-9-18(23-14-7-5-13(21)6-8-14)25-20(22-12)24-15-10-16(26-2)19(28-4)17(11-15)27-3/h5-11H,1-4H3,(H2,22,23,24,25). The fourth-order valence-corrected chi connectivity index (χ4v) is 2.65. The van der Waals surface area contributed by atoms with E-state index >= 15 is 0 Å². The average molecular weight is 384 g/mol. The largest absolute Gasteiger partial charge is 0.493 e. The first-order chi connectivity index (χ1) is 13.5. The van der Waals surface area contributed by atoms with Crippen LogP contribution >= 0.6 is 0 Å². The van der Waals surface area contributed by atoms with Gasteiger partial charge in [-0.1, -0.05) is 0 Å². The van der Waals surface area contributed by atoms with Crippen molar-refractivity contribution in [2.75, 3.05) is 32.0 Å². The van der Waals surface area contributed by atoms with Crippen LogP contribution in [0, 0.1) is 12.7 Å². The molecule has 1 heterocycles. The van der Waals surface area contributed by atoms with E-state index in [4.69, 9.17) is 14.2 Å². The van der Waals surface area contributed by atoms with Crippen molar-refractivity contribution in [2.45, 2.75) is 6.92 Å². The van der Waals surface area contributed by atoms with Crippen molar-refractivity contribution in [1.29, 1.82) is 0 Å². The molecule has 3 rings (SSSR count). The van der Waals surface area contributed by atoms with Crippen molar-refractivity contribution < 1.29 is 18.6 Å². The number of halogens is 1. The van der Waals surface area contributed by atoms with Crippen LogP contribution in [0.2, 0.25) is 0 Å². The summed E-state index contributed by atoms with van der Waals surface area (Å²) in [5, 5.41) is 6.28. The Bertz CT molecular complexity index is 939. The summed E-state index contributed by atoms with van der Waals surface area (Å²) in [6.45, 7) is 1.86. The van der Waals surface area contributed by atoms with Gasteiger partial charge in [0.15, 0.2) is 11.5 Å². The highest BCUT2D eigenvalue weighted by Crippen LogP contribution is 2.40. The normalized spacial score (nSPS) is 10.3. The van der Waals surface area contributed by atoms with E-state index in [1.54, 1.807) is 51.7 Å². The van der Waals surface area contributed by atoms with Crippen LogP contribution in [0.3, 0.4) is 0 Å². The minimum absolute atomic E-state index is 0.297. The van der Waals surface area contributed by atoms with Crippen molar-refractivity contribution in [3.8, 4) is 17.2 Å². The Hall–Kier alpha value is -3.55. The third-order valence-electron chi connectivity index (χ3n) is 3.89. The van der Waals surface area contributed by atoms with Crippen LogP contribution in [0.5, 0.6) is 17.2 Å². The Morgan fingerprint density at radius 3 is 2.00 bits per heavy atom. The second-order valence-corrected chi connectivity index (χ2v) is 5.89. The zero-order valence-corrected chi connectivity index (χ0v) is 16.0. The molecule has 0 fully saturated rings. The lowest BCUT2D eigenvalue weighted by atomic mass is 10.2. The van der Waals surface area contributed by atoms with Crippen LogP contribution in [0.1, 0.15) is 5.69 Å². The molecule has 0 saturated carbocycles. The van der Waals surface area contributed by atoms with E-state index in [-0.39, 0.29) is 5.82 Å². The number of ether oxygens (including phenoxy) is 3. The van der Waals surface area contributed by atoms with Crippen LogP contribution in [-0.2, 0) is 0 Å². The molecule has 0 aliphatic carbocycles. The Labute approximate surface area is 162 Å². The van der Waals surface area contributed by atoms with Gasteiger partial charge in [0.1, 0.15) is 11.6 Å². The highest BCUT2D eigenvalue weighted by molar-refractivity contribution is 5.66. The molecule has 0 unspecified atom stereocenters. The van der Waals surface area contributed by atoms with Crippen molar-refractivity contribution in [2.24, 2.45) is 0 Å². The SMILES string of the molecule is COc1cc(Nc2nc(C)cc(Nc3ccc(F)cc3)n2)cc(OC)c1OC. The monoisotopic (exact) mass is 384 g/mol. The third-order valence-corrected chi connectivity index (χ3v) is 3.89. The number of nitrogens with one attached hydrogen (secondary N) is 2. The van der Waals surface area contributed by atoms with E-state index < -0.39 is 0 Å². The molecule has 0 radical (unpaired) electrons. The van der Waals surface area contributed by atoms with Crippen molar-refractivity contribution in [3.63, 3.8) is 0 Å². The molecule has 0 bridgehead atoms. The lowest BCUT2D eigenvalue weighted by Crippen LogP contribution is -2.03. The van der Waals surface area contributed by atoms with Crippen LogP contribution in [0.25, 0.3) is 0 Å². The summed E-state index contributed by atoms with van der Waals surface area (Å²) in [5.74, 6) is 2.20. The van der Waals surface area contributed by atoms with E-state index in [1.807, 2.05) is 6.92 Å². The predicted molar refractivity (Wildman–Crippen MR) is 106 cm³/mol. The minimum Gasteiger partial charge on any atom is -0.493 e. The summed E-state index contributed by atoms with van der Waals surface area (Å²) in [6.07, 6.45) is 0. The highest BCUT2D eigenvalue weighted by atomic mass is 19.1. The number of hydrogen-bond donors (Lipinski definition) is 2. The number of benzene rings is 2. The lowest BCUT2D eigenvalue weighted by Gasteiger charge is -2.15. The van der Waals surface area contributed by atoms with Gasteiger partial charge in [-0.15, -0.1) is 0 Å². The Kier molecular flexibility index (Phi) is 5.78. The van der Waals surface area contributed by atoms with E-state index in [0.29, 0.717) is 34.7 Å². The van der Waals surface area contributed by atoms with E-state index in [0.717, 1.165) is 11.4 Å². The molecule has 8 heteroatoms. The number of aryl methyl sites for hydroxylation is 1. The molecule has 3 aromatic rings. The number of methoxy groups -OCH3 is 3. The van der Waals surface area contributed by atoms with Gasteiger partial charge >= 0.3 is 0 Å². The summed E-state index contributed by atoms with van der Waals surface area (Å²) in [5.41, 5.74) is 2.15. The molecule has 0 aliphatic rings. The van der Waals surface area contributed by atoms with Gasteiger partial charge in [0.2, 0.25) is 11.7 Å². The number of rotatable bonds is 7. The van der Waals surface area contributed by atoms with Gasteiger partial charge in [-0.2, -0.15) is 4.98 Å². The molecular formula is C20H21FN4O3. The molecule has 0 aliphatic heterocycles. The van der Waals surface area contributed by atoms with Gasteiger partial charge in [-0.25, -0.2) is 9.37 Å². The number of aromatic nitrogens is 2. The van der Waals surface area contributed by atoms with Crippen LogP contribution in [-0.4, -0.2) is 31.3 Å². The fraction of sp³-hybridized carbons (Fsp3) is 0.200. The maximum absolute atomic E-state index is 13.1. The average Bonchev–Trinajstić information content (AvgIpc) is 2.68. The molecule has 0 amide bonds. The van der Waals surface area contributed by atoms with Crippen molar-refractivity contribution in [1.82, 2.24) is 9.97 Å². The number of anilines is 4. The molecular weight excluding hydrogens is 363 g/mol. The Balaban J connectivity index is 1.88. The quantitative estimate of drug-likeness (QED) is 0.624. The maximum Gasteiger partial charge on any atom is 0.229 e. The zero-order chi connectivity index (χ0) is 20.1. The molecule has 146 valence electrons. The molecule has 7 nitrogen and oxygen atoms in total.